The van der Waals surface area contributed by atoms with E-state index in [1.807, 2.05) is 13.0 Å². The van der Waals surface area contributed by atoms with Crippen LogP contribution in [0.15, 0.2) is 46.3 Å². The van der Waals surface area contributed by atoms with E-state index in [-0.39, 0.29) is 42.2 Å². The summed E-state index contributed by atoms with van der Waals surface area (Å²) in [6.07, 6.45) is 2.79. The summed E-state index contributed by atoms with van der Waals surface area (Å²) >= 11 is 1.28. The molecular formula is C25H27N3O7S2. The Kier molecular flexibility index (Phi) is 7.06. The first-order valence-corrected chi connectivity index (χ1v) is 14.2. The maximum Gasteiger partial charge on any atom is 0.307 e. The standard InChI is InChI=1S/C25H27N3O7S2/c1-16-5-3-4-11-28(16)37(31,32)18-8-6-17(7-9-18)24(30)26-25-27(12-10-23(29)33-2)19-13-20-21(35-15-34-20)14-22(19)36-25/h6-9,13-14,16H,3-5,10-12,15H2,1-2H3. The van der Waals surface area contributed by atoms with Gasteiger partial charge in [0.1, 0.15) is 0 Å². The van der Waals surface area contributed by atoms with Gasteiger partial charge in [0.05, 0.1) is 28.6 Å². The summed E-state index contributed by atoms with van der Waals surface area (Å²) < 4.78 is 46.1. The number of sulfonamides is 1. The van der Waals surface area contributed by atoms with Crippen LogP contribution in [-0.2, 0) is 26.1 Å². The fourth-order valence-electron chi connectivity index (χ4n) is 4.55. The lowest BCUT2D eigenvalue weighted by atomic mass is 10.1. The van der Waals surface area contributed by atoms with Crippen LogP contribution in [-0.4, -0.2) is 55.7 Å². The number of aromatic nitrogens is 1. The Morgan fingerprint density at radius 2 is 1.86 bits per heavy atom. The molecule has 1 amide bonds. The van der Waals surface area contributed by atoms with E-state index in [9.17, 15) is 18.0 Å². The van der Waals surface area contributed by atoms with Crippen molar-refractivity contribution in [2.24, 2.45) is 4.99 Å². The van der Waals surface area contributed by atoms with Crippen LogP contribution in [0.1, 0.15) is 43.0 Å². The molecule has 3 aromatic rings. The van der Waals surface area contributed by atoms with E-state index in [2.05, 4.69) is 4.99 Å². The maximum absolute atomic E-state index is 13.1. The van der Waals surface area contributed by atoms with Crippen molar-refractivity contribution >= 4 is 43.5 Å². The van der Waals surface area contributed by atoms with Crippen LogP contribution in [0.5, 0.6) is 11.5 Å². The topological polar surface area (TPSA) is 117 Å². The Hall–Kier alpha value is -3.22. The molecular weight excluding hydrogens is 518 g/mol. The molecule has 2 aliphatic heterocycles. The zero-order valence-electron chi connectivity index (χ0n) is 20.5. The molecule has 2 aliphatic rings. The third-order valence-corrected chi connectivity index (χ3v) is 9.66. The predicted octanol–water partition coefficient (Wildman–Crippen LogP) is 3.30. The Morgan fingerprint density at radius 3 is 2.57 bits per heavy atom. The van der Waals surface area contributed by atoms with Gasteiger partial charge in [-0.05, 0) is 44.0 Å². The van der Waals surface area contributed by atoms with E-state index in [4.69, 9.17) is 14.2 Å². The number of nitrogens with zero attached hydrogens (tertiary/aromatic N) is 3. The second-order valence-corrected chi connectivity index (χ2v) is 11.8. The summed E-state index contributed by atoms with van der Waals surface area (Å²) in [7, 11) is -2.32. The zero-order valence-corrected chi connectivity index (χ0v) is 22.1. The highest BCUT2D eigenvalue weighted by atomic mass is 32.2. The number of carbonyl (C=O) groups excluding carboxylic acids is 2. The van der Waals surface area contributed by atoms with E-state index in [1.165, 1.54) is 47.0 Å². The minimum atomic E-state index is -3.64. The number of hydrogen-bond donors (Lipinski definition) is 0. The molecule has 1 aromatic heterocycles. The first kappa shape index (κ1) is 25.4. The van der Waals surface area contributed by atoms with Gasteiger partial charge in [0.2, 0.25) is 16.8 Å². The molecule has 1 unspecified atom stereocenters. The predicted molar refractivity (Wildman–Crippen MR) is 136 cm³/mol. The van der Waals surface area contributed by atoms with Crippen molar-refractivity contribution in [3.05, 3.63) is 46.8 Å². The number of methoxy groups -OCH3 is 1. The van der Waals surface area contributed by atoms with E-state index in [0.717, 1.165) is 29.5 Å². The third kappa shape index (κ3) is 5.00. The van der Waals surface area contributed by atoms with Crippen LogP contribution in [0.3, 0.4) is 0 Å². The molecule has 0 saturated carbocycles. The molecule has 0 N–H and O–H groups in total. The normalized spacial score (nSPS) is 18.3. The van der Waals surface area contributed by atoms with Crippen LogP contribution >= 0.6 is 11.3 Å². The number of amides is 1. The first-order valence-electron chi connectivity index (χ1n) is 12.0. The first-order chi connectivity index (χ1) is 17.8. The maximum atomic E-state index is 13.1. The van der Waals surface area contributed by atoms with E-state index >= 15 is 0 Å². The summed E-state index contributed by atoms with van der Waals surface area (Å²) in [4.78, 5) is 29.8. The second-order valence-electron chi connectivity index (χ2n) is 8.94. The molecule has 0 spiro atoms. The van der Waals surface area contributed by atoms with Gasteiger partial charge in [-0.3, -0.25) is 9.59 Å². The highest BCUT2D eigenvalue weighted by Crippen LogP contribution is 2.37. The monoisotopic (exact) mass is 545 g/mol. The van der Waals surface area contributed by atoms with Gasteiger partial charge in [0.25, 0.3) is 5.91 Å². The molecule has 37 heavy (non-hydrogen) atoms. The smallest absolute Gasteiger partial charge is 0.307 e. The van der Waals surface area contributed by atoms with Gasteiger partial charge in [-0.25, -0.2) is 8.42 Å². The fourth-order valence-corrected chi connectivity index (χ4v) is 7.32. The van der Waals surface area contributed by atoms with Gasteiger partial charge in [-0.1, -0.05) is 17.8 Å². The van der Waals surface area contributed by atoms with E-state index in [1.54, 1.807) is 10.6 Å². The van der Waals surface area contributed by atoms with Gasteiger partial charge in [-0.2, -0.15) is 9.30 Å². The number of thiazole rings is 1. The van der Waals surface area contributed by atoms with Crippen LogP contribution in [0, 0.1) is 0 Å². The Bertz CT molecular complexity index is 1520. The molecule has 0 radical (unpaired) electrons. The van der Waals surface area contributed by atoms with Crippen molar-refractivity contribution in [3.8, 4) is 11.5 Å². The molecule has 1 fully saturated rings. The molecule has 5 rings (SSSR count). The number of carbonyl (C=O) groups is 2. The number of piperidine rings is 1. The van der Waals surface area contributed by atoms with E-state index in [0.29, 0.717) is 22.8 Å². The average Bonchev–Trinajstić information content (AvgIpc) is 3.49. The van der Waals surface area contributed by atoms with Crippen molar-refractivity contribution in [1.82, 2.24) is 8.87 Å². The molecule has 3 heterocycles. The summed E-state index contributed by atoms with van der Waals surface area (Å²) in [6.45, 7) is 2.80. The summed E-state index contributed by atoms with van der Waals surface area (Å²) in [5.74, 6) is 0.278. The number of hydrogen-bond acceptors (Lipinski definition) is 8. The lowest BCUT2D eigenvalue weighted by Crippen LogP contribution is -2.41. The van der Waals surface area contributed by atoms with Crippen molar-refractivity contribution in [2.45, 2.75) is 50.1 Å². The number of fused-ring (bicyclic) bond motifs is 2. The largest absolute Gasteiger partial charge is 0.469 e. The van der Waals surface area contributed by atoms with Gasteiger partial charge < -0.3 is 18.8 Å². The molecule has 12 heteroatoms. The van der Waals surface area contributed by atoms with Crippen LogP contribution in [0.4, 0.5) is 0 Å². The van der Waals surface area contributed by atoms with E-state index < -0.39 is 15.9 Å². The SMILES string of the molecule is COC(=O)CCn1c(=NC(=O)c2ccc(S(=O)(=O)N3CCCCC3C)cc2)sc2cc3c(cc21)OCO3. The number of benzene rings is 2. The van der Waals surface area contributed by atoms with Gasteiger partial charge in [-0.15, -0.1) is 0 Å². The van der Waals surface area contributed by atoms with Crippen LogP contribution < -0.4 is 14.3 Å². The Balaban J connectivity index is 1.47. The number of aryl methyl sites for hydroxylation is 1. The molecule has 0 bridgehead atoms. The Labute approximate surface area is 218 Å². The lowest BCUT2D eigenvalue weighted by molar-refractivity contribution is -0.140. The van der Waals surface area contributed by atoms with Crippen LogP contribution in [0.25, 0.3) is 10.2 Å². The van der Waals surface area contributed by atoms with Gasteiger partial charge >= 0.3 is 5.97 Å². The lowest BCUT2D eigenvalue weighted by Gasteiger charge is -2.32. The highest BCUT2D eigenvalue weighted by Gasteiger charge is 2.31. The Morgan fingerprint density at radius 1 is 1.14 bits per heavy atom. The second kappa shape index (κ2) is 10.3. The van der Waals surface area contributed by atoms with Crippen molar-refractivity contribution in [3.63, 3.8) is 0 Å². The molecule has 196 valence electrons. The quantitative estimate of drug-likeness (QED) is 0.436. The molecule has 0 aliphatic carbocycles. The van der Waals surface area contributed by atoms with Crippen molar-refractivity contribution in [1.29, 1.82) is 0 Å². The van der Waals surface area contributed by atoms with Crippen LogP contribution in [0.2, 0.25) is 0 Å². The number of esters is 1. The minimum absolute atomic E-state index is 0.0550. The average molecular weight is 546 g/mol. The third-order valence-electron chi connectivity index (χ3n) is 6.59. The summed E-state index contributed by atoms with van der Waals surface area (Å²) in [6, 6.07) is 9.44. The number of rotatable bonds is 6. The molecule has 1 saturated heterocycles. The minimum Gasteiger partial charge on any atom is -0.469 e. The van der Waals surface area contributed by atoms with Crippen molar-refractivity contribution < 1.29 is 32.2 Å². The molecule has 1 atom stereocenters. The summed E-state index contributed by atoms with van der Waals surface area (Å²) in [5, 5.41) is 0. The van der Waals surface area contributed by atoms with Gasteiger partial charge in [0, 0.05) is 36.8 Å². The fraction of sp³-hybridized carbons (Fsp3) is 0.400. The highest BCUT2D eigenvalue weighted by molar-refractivity contribution is 7.89. The zero-order chi connectivity index (χ0) is 26.2. The molecule has 2 aromatic carbocycles. The molecule has 10 nitrogen and oxygen atoms in total. The van der Waals surface area contributed by atoms with Gasteiger partial charge in [0.15, 0.2) is 16.3 Å². The summed E-state index contributed by atoms with van der Waals surface area (Å²) in [5.41, 5.74) is 1.01. The number of ether oxygens (including phenoxy) is 3. The van der Waals surface area contributed by atoms with Crippen molar-refractivity contribution in [2.75, 3.05) is 20.4 Å².